The van der Waals surface area contributed by atoms with E-state index >= 15 is 0 Å². The Morgan fingerprint density at radius 3 is 2.00 bits per heavy atom. The molecule has 0 unspecified atom stereocenters. The van der Waals surface area contributed by atoms with Crippen molar-refractivity contribution in [1.29, 1.82) is 0 Å². The normalized spacial score (nSPS) is 14.3. The van der Waals surface area contributed by atoms with Crippen LogP contribution in [0.5, 0.6) is 0 Å². The Bertz CT molecular complexity index is 1970. The first kappa shape index (κ1) is 39.5. The first-order chi connectivity index (χ1) is 25.5. The van der Waals surface area contributed by atoms with Crippen molar-refractivity contribution in [2.45, 2.75) is 13.1 Å². The average Bonchev–Trinajstić information content (AvgIpc) is 3.16. The van der Waals surface area contributed by atoms with Gasteiger partial charge in [-0.15, -0.1) is 5.10 Å². The highest BCUT2D eigenvalue weighted by molar-refractivity contribution is 6.33. The lowest BCUT2D eigenvalue weighted by Gasteiger charge is -2.27. The summed E-state index contributed by atoms with van der Waals surface area (Å²) in [7, 11) is 0. The zero-order valence-corrected chi connectivity index (χ0v) is 30.5. The second-order valence-corrected chi connectivity index (χ2v) is 12.6. The van der Waals surface area contributed by atoms with Gasteiger partial charge in [0.05, 0.1) is 48.9 Å². The van der Waals surface area contributed by atoms with Gasteiger partial charge in [-0.25, -0.2) is 19.9 Å². The number of aromatic nitrogens is 6. The summed E-state index contributed by atoms with van der Waals surface area (Å²) in [5, 5.41) is 10.9. The van der Waals surface area contributed by atoms with Gasteiger partial charge < -0.3 is 24.6 Å². The van der Waals surface area contributed by atoms with Crippen molar-refractivity contribution in [2.75, 3.05) is 67.7 Å². The van der Waals surface area contributed by atoms with Crippen LogP contribution in [-0.2, 0) is 15.7 Å². The van der Waals surface area contributed by atoms with E-state index in [-0.39, 0.29) is 5.56 Å². The number of hydrogen-bond acceptors (Lipinski definition) is 11. The lowest BCUT2D eigenvalue weighted by atomic mass is 10.0. The monoisotopic (exact) mass is 789 g/mol. The van der Waals surface area contributed by atoms with E-state index in [4.69, 9.17) is 44.3 Å². The molecule has 12 nitrogen and oxygen atoms in total. The van der Waals surface area contributed by atoms with Gasteiger partial charge in [0.2, 0.25) is 0 Å². The van der Waals surface area contributed by atoms with Crippen molar-refractivity contribution in [3.8, 4) is 11.3 Å². The molecule has 7 rings (SSSR count). The van der Waals surface area contributed by atoms with Crippen LogP contribution in [0.3, 0.4) is 0 Å². The molecule has 2 fully saturated rings. The molecule has 0 saturated carbocycles. The molecule has 5 heterocycles. The number of amides is 1. The first-order valence-electron chi connectivity index (χ1n) is 16.1. The standard InChI is InChI=1S/C23H21F3N4O2.C8H10ClN3O.C4H2Cl2N2/c1-15-5-6-18(29-22(31)16-3-2-4-17(11-16)23(24,25)26)12-19(15)20-13-21(28-14-27-20)30-7-9-32-10-8-30;9-7-5-8(11-6-10-7)12-1-3-13-4-2-12;5-3-1-4(6)8-7-2-3/h2-6,11-14H,7-10H2,1H3,(H,29,31);5-6H,1-4H2;1-2H. The van der Waals surface area contributed by atoms with Gasteiger partial charge in [0.1, 0.15) is 29.4 Å². The van der Waals surface area contributed by atoms with Crippen molar-refractivity contribution in [1.82, 2.24) is 30.1 Å². The number of alkyl halides is 3. The van der Waals surface area contributed by atoms with Gasteiger partial charge >= 0.3 is 6.18 Å². The number of anilines is 3. The minimum atomic E-state index is -4.52. The van der Waals surface area contributed by atoms with Gasteiger partial charge in [0.15, 0.2) is 5.15 Å². The number of ether oxygens (including phenoxy) is 2. The molecular formula is C35H33Cl3F3N9O3. The van der Waals surface area contributed by atoms with Crippen LogP contribution in [0.2, 0.25) is 15.3 Å². The number of carbonyl (C=O) groups is 1. The lowest BCUT2D eigenvalue weighted by molar-refractivity contribution is -0.137. The highest BCUT2D eigenvalue weighted by atomic mass is 35.5. The maximum absolute atomic E-state index is 13.0. The minimum absolute atomic E-state index is 0.0708. The Labute approximate surface area is 318 Å². The predicted molar refractivity (Wildman–Crippen MR) is 197 cm³/mol. The SMILES string of the molecule is Cc1ccc(NC(=O)c2cccc(C(F)(F)F)c2)cc1-c1cc(N2CCOCC2)ncn1.Clc1cc(N2CCOCC2)ncn1.Clc1cnnc(Cl)c1. The third-order valence-corrected chi connectivity index (χ3v) is 8.35. The maximum atomic E-state index is 13.0. The molecule has 5 aromatic rings. The zero-order valence-electron chi connectivity index (χ0n) is 28.2. The third kappa shape index (κ3) is 11.9. The largest absolute Gasteiger partial charge is 0.416 e. The first-order valence-corrected chi connectivity index (χ1v) is 17.3. The van der Waals surface area contributed by atoms with Crippen LogP contribution in [0.4, 0.5) is 30.5 Å². The molecule has 0 aliphatic carbocycles. The molecule has 2 aliphatic rings. The van der Waals surface area contributed by atoms with Crippen LogP contribution >= 0.6 is 34.8 Å². The quantitative estimate of drug-likeness (QED) is 0.180. The van der Waals surface area contributed by atoms with E-state index in [1.54, 1.807) is 18.2 Å². The molecule has 1 N–H and O–H groups in total. The van der Waals surface area contributed by atoms with Crippen molar-refractivity contribution in [3.05, 3.63) is 112 Å². The number of aryl methyl sites for hydroxylation is 1. The molecule has 0 bridgehead atoms. The van der Waals surface area contributed by atoms with Gasteiger partial charge in [-0.1, -0.05) is 46.9 Å². The fourth-order valence-electron chi connectivity index (χ4n) is 5.08. The third-order valence-electron chi connectivity index (χ3n) is 7.76. The fourth-order valence-corrected chi connectivity index (χ4v) is 5.59. The van der Waals surface area contributed by atoms with Crippen molar-refractivity contribution < 1.29 is 27.4 Å². The van der Waals surface area contributed by atoms with Crippen LogP contribution in [0.15, 0.2) is 79.5 Å². The van der Waals surface area contributed by atoms with E-state index in [1.165, 1.54) is 37.1 Å². The summed E-state index contributed by atoms with van der Waals surface area (Å²) in [6.45, 7) is 7.91. The van der Waals surface area contributed by atoms with Crippen LogP contribution in [0, 0.1) is 6.92 Å². The number of carbonyl (C=O) groups excluding carboxylic acids is 1. The average molecular weight is 791 g/mol. The number of morpholine rings is 2. The Morgan fingerprint density at radius 2 is 1.42 bits per heavy atom. The molecular weight excluding hydrogens is 758 g/mol. The summed E-state index contributed by atoms with van der Waals surface area (Å²) in [6, 6.07) is 14.8. The Hall–Kier alpha value is -4.67. The lowest BCUT2D eigenvalue weighted by Crippen LogP contribution is -2.36. The topological polar surface area (TPSA) is 131 Å². The van der Waals surface area contributed by atoms with Crippen LogP contribution in [-0.4, -0.2) is 88.6 Å². The maximum Gasteiger partial charge on any atom is 0.416 e. The van der Waals surface area contributed by atoms with Crippen molar-refractivity contribution in [2.24, 2.45) is 0 Å². The smallest absolute Gasteiger partial charge is 0.378 e. The molecule has 2 aliphatic heterocycles. The molecule has 53 heavy (non-hydrogen) atoms. The van der Waals surface area contributed by atoms with Crippen LogP contribution in [0.25, 0.3) is 11.3 Å². The summed E-state index contributed by atoms with van der Waals surface area (Å²) in [6.07, 6.45) is -0.119. The number of rotatable bonds is 5. The molecule has 2 saturated heterocycles. The van der Waals surface area contributed by atoms with E-state index in [1.807, 2.05) is 19.1 Å². The van der Waals surface area contributed by atoms with Crippen molar-refractivity contribution >= 4 is 58.0 Å². The summed E-state index contributed by atoms with van der Waals surface area (Å²) >= 11 is 16.6. The molecule has 1 amide bonds. The fraction of sp³-hybridized carbons (Fsp3) is 0.286. The molecule has 278 valence electrons. The van der Waals surface area contributed by atoms with Gasteiger partial charge in [-0.05, 0) is 48.9 Å². The summed E-state index contributed by atoms with van der Waals surface area (Å²) in [4.78, 5) is 33.5. The van der Waals surface area contributed by atoms with E-state index in [9.17, 15) is 18.0 Å². The minimum Gasteiger partial charge on any atom is -0.378 e. The number of hydrogen-bond donors (Lipinski definition) is 1. The highest BCUT2D eigenvalue weighted by Gasteiger charge is 2.31. The molecule has 2 aromatic carbocycles. The highest BCUT2D eigenvalue weighted by Crippen LogP contribution is 2.31. The van der Waals surface area contributed by atoms with Gasteiger partial charge in [-0.3, -0.25) is 4.79 Å². The molecule has 0 radical (unpaired) electrons. The number of nitrogens with one attached hydrogen (secondary N) is 1. The number of halogens is 6. The van der Waals surface area contributed by atoms with Crippen LogP contribution < -0.4 is 15.1 Å². The second-order valence-electron chi connectivity index (χ2n) is 11.4. The Morgan fingerprint density at radius 1 is 0.774 bits per heavy atom. The molecule has 0 atom stereocenters. The predicted octanol–water partition coefficient (Wildman–Crippen LogP) is 7.31. The number of benzene rings is 2. The summed E-state index contributed by atoms with van der Waals surface area (Å²) < 4.78 is 49.5. The van der Waals surface area contributed by atoms with E-state index in [0.29, 0.717) is 39.9 Å². The molecule has 3 aromatic heterocycles. The van der Waals surface area contributed by atoms with E-state index < -0.39 is 17.6 Å². The zero-order chi connectivity index (χ0) is 37.8. The van der Waals surface area contributed by atoms with Crippen LogP contribution in [0.1, 0.15) is 21.5 Å². The Kier molecular flexibility index (Phi) is 14.1. The Balaban J connectivity index is 0.000000208. The van der Waals surface area contributed by atoms with E-state index in [2.05, 4.69) is 45.2 Å². The van der Waals surface area contributed by atoms with Gasteiger partial charge in [-0.2, -0.15) is 18.3 Å². The summed E-state index contributed by atoms with van der Waals surface area (Å²) in [5.74, 6) is 1.04. The second kappa shape index (κ2) is 18.9. The van der Waals surface area contributed by atoms with E-state index in [0.717, 1.165) is 74.3 Å². The summed E-state index contributed by atoms with van der Waals surface area (Å²) in [5.41, 5.74) is 1.94. The van der Waals surface area contributed by atoms with Crippen molar-refractivity contribution in [3.63, 3.8) is 0 Å². The molecule has 18 heteroatoms. The van der Waals surface area contributed by atoms with Gasteiger partial charge in [0, 0.05) is 55.1 Å². The van der Waals surface area contributed by atoms with Gasteiger partial charge in [0.25, 0.3) is 5.91 Å². The molecule has 0 spiro atoms. The number of nitrogens with zero attached hydrogens (tertiary/aromatic N) is 8.